The zero-order chi connectivity index (χ0) is 8.48. The quantitative estimate of drug-likeness (QED) is 0.264. The topological polar surface area (TPSA) is 58.6 Å². The van der Waals surface area contributed by atoms with Crippen LogP contribution in [0, 0.1) is 5.92 Å². The second kappa shape index (κ2) is 2.64. The molecular formula is C6H10F2N2O. The van der Waals surface area contributed by atoms with Crippen molar-refractivity contribution < 1.29 is 14.0 Å². The molecule has 64 valence electrons. The van der Waals surface area contributed by atoms with E-state index in [4.69, 9.17) is 10.9 Å². The minimum atomic E-state index is -2.63. The highest BCUT2D eigenvalue weighted by Crippen LogP contribution is 2.38. The van der Waals surface area contributed by atoms with Gasteiger partial charge < -0.3 is 10.9 Å². The highest BCUT2D eigenvalue weighted by molar-refractivity contribution is 5.82. The number of nitrogens with two attached hydrogens (primary N) is 1. The Morgan fingerprint density at radius 1 is 1.64 bits per heavy atom. The van der Waals surface area contributed by atoms with Crippen LogP contribution in [0.25, 0.3) is 0 Å². The van der Waals surface area contributed by atoms with Crippen LogP contribution in [-0.4, -0.2) is 17.0 Å². The van der Waals surface area contributed by atoms with Gasteiger partial charge in [-0.05, 0) is 6.42 Å². The Hall–Kier alpha value is -0.870. The molecule has 0 aliphatic heterocycles. The fourth-order valence-electron chi connectivity index (χ4n) is 1.28. The van der Waals surface area contributed by atoms with Gasteiger partial charge in [-0.15, -0.1) is 0 Å². The molecule has 5 heteroatoms. The first-order valence-electron chi connectivity index (χ1n) is 3.40. The maximum atomic E-state index is 12.5. The van der Waals surface area contributed by atoms with Gasteiger partial charge in [-0.25, -0.2) is 8.78 Å². The average Bonchev–Trinajstić information content (AvgIpc) is 2.29. The van der Waals surface area contributed by atoms with E-state index in [0.29, 0.717) is 6.42 Å². The molecule has 1 aliphatic carbocycles. The van der Waals surface area contributed by atoms with Gasteiger partial charge in [0, 0.05) is 18.8 Å². The van der Waals surface area contributed by atoms with Gasteiger partial charge in [0.2, 0.25) is 5.92 Å². The number of rotatable bonds is 1. The molecule has 1 fully saturated rings. The predicted octanol–water partition coefficient (Wildman–Crippen LogP) is 1.17. The van der Waals surface area contributed by atoms with Crippen molar-refractivity contribution in [2.24, 2.45) is 16.8 Å². The van der Waals surface area contributed by atoms with Crippen LogP contribution in [0.5, 0.6) is 0 Å². The van der Waals surface area contributed by atoms with E-state index in [-0.39, 0.29) is 18.7 Å². The lowest BCUT2D eigenvalue weighted by atomic mass is 10.1. The zero-order valence-electron chi connectivity index (χ0n) is 5.93. The van der Waals surface area contributed by atoms with E-state index >= 15 is 0 Å². The molecule has 0 aromatic rings. The van der Waals surface area contributed by atoms with Gasteiger partial charge in [0.15, 0.2) is 0 Å². The normalized spacial score (nSPS) is 30.7. The van der Waals surface area contributed by atoms with Crippen LogP contribution < -0.4 is 5.73 Å². The molecule has 3 nitrogen and oxygen atoms in total. The average molecular weight is 164 g/mol. The van der Waals surface area contributed by atoms with Crippen molar-refractivity contribution in [2.45, 2.75) is 25.2 Å². The summed E-state index contributed by atoms with van der Waals surface area (Å²) in [6, 6.07) is 0. The smallest absolute Gasteiger partial charge is 0.248 e. The summed E-state index contributed by atoms with van der Waals surface area (Å²) < 4.78 is 25.0. The Kier molecular flexibility index (Phi) is 1.97. The molecule has 0 aromatic heterocycles. The lowest BCUT2D eigenvalue weighted by Gasteiger charge is -2.07. The Morgan fingerprint density at radius 2 is 2.27 bits per heavy atom. The molecular weight excluding hydrogens is 154 g/mol. The fraction of sp³-hybridized carbons (Fsp3) is 0.833. The van der Waals surface area contributed by atoms with Crippen molar-refractivity contribution in [3.8, 4) is 0 Å². The van der Waals surface area contributed by atoms with Gasteiger partial charge in [0.1, 0.15) is 5.84 Å². The van der Waals surface area contributed by atoms with E-state index in [0.717, 1.165) is 0 Å². The molecule has 1 aliphatic rings. The minimum Gasteiger partial charge on any atom is -0.409 e. The summed E-state index contributed by atoms with van der Waals surface area (Å²) in [5.41, 5.74) is 5.17. The van der Waals surface area contributed by atoms with Gasteiger partial charge in [0.25, 0.3) is 0 Å². The fourth-order valence-corrected chi connectivity index (χ4v) is 1.28. The summed E-state index contributed by atoms with van der Waals surface area (Å²) >= 11 is 0. The van der Waals surface area contributed by atoms with Gasteiger partial charge in [-0.3, -0.25) is 0 Å². The van der Waals surface area contributed by atoms with Crippen LogP contribution >= 0.6 is 0 Å². The molecule has 1 atom stereocenters. The van der Waals surface area contributed by atoms with Crippen molar-refractivity contribution in [1.29, 1.82) is 0 Å². The number of amidine groups is 1. The van der Waals surface area contributed by atoms with Crippen molar-refractivity contribution in [1.82, 2.24) is 0 Å². The molecule has 0 amide bonds. The van der Waals surface area contributed by atoms with Crippen molar-refractivity contribution in [3.63, 3.8) is 0 Å². The molecule has 1 rings (SSSR count). The molecule has 0 bridgehead atoms. The Morgan fingerprint density at radius 3 is 2.64 bits per heavy atom. The van der Waals surface area contributed by atoms with Crippen molar-refractivity contribution in [2.75, 3.05) is 0 Å². The summed E-state index contributed by atoms with van der Waals surface area (Å²) in [6.45, 7) is 0. The van der Waals surface area contributed by atoms with E-state index in [2.05, 4.69) is 5.16 Å². The number of halogens is 2. The third-order valence-electron chi connectivity index (χ3n) is 1.94. The highest BCUT2D eigenvalue weighted by Gasteiger charge is 2.41. The number of hydrogen-bond acceptors (Lipinski definition) is 2. The number of alkyl halides is 2. The molecule has 0 heterocycles. The molecule has 0 spiro atoms. The summed E-state index contributed by atoms with van der Waals surface area (Å²) in [4.78, 5) is 0. The maximum Gasteiger partial charge on any atom is 0.248 e. The lowest BCUT2D eigenvalue weighted by Crippen LogP contribution is -2.23. The van der Waals surface area contributed by atoms with Crippen LogP contribution in [-0.2, 0) is 0 Å². The maximum absolute atomic E-state index is 12.5. The van der Waals surface area contributed by atoms with Gasteiger partial charge in [0.05, 0.1) is 0 Å². The number of nitrogens with zero attached hydrogens (tertiary/aromatic N) is 1. The van der Waals surface area contributed by atoms with Crippen LogP contribution in [0.15, 0.2) is 5.16 Å². The summed E-state index contributed by atoms with van der Waals surface area (Å²) in [7, 11) is 0. The molecule has 3 N–H and O–H groups in total. The first-order chi connectivity index (χ1) is 5.05. The van der Waals surface area contributed by atoms with E-state index in [1.54, 1.807) is 0 Å². The van der Waals surface area contributed by atoms with Gasteiger partial charge in [-0.2, -0.15) is 0 Å². The zero-order valence-corrected chi connectivity index (χ0v) is 5.93. The van der Waals surface area contributed by atoms with Gasteiger partial charge >= 0.3 is 0 Å². The largest absolute Gasteiger partial charge is 0.409 e. The van der Waals surface area contributed by atoms with E-state index in [1.807, 2.05) is 0 Å². The standard InChI is InChI=1S/C6H10F2N2O/c7-6(8)2-1-4(3-6)5(9)10-11/h4,11H,1-3H2,(H2,9,10). The second-order valence-corrected chi connectivity index (χ2v) is 2.82. The van der Waals surface area contributed by atoms with Crippen molar-refractivity contribution >= 4 is 5.84 Å². The minimum absolute atomic E-state index is 0.0813. The van der Waals surface area contributed by atoms with E-state index in [1.165, 1.54) is 0 Å². The van der Waals surface area contributed by atoms with E-state index in [9.17, 15) is 8.78 Å². The Balaban J connectivity index is 2.55. The van der Waals surface area contributed by atoms with E-state index < -0.39 is 11.8 Å². The number of hydrogen-bond donors (Lipinski definition) is 2. The summed E-state index contributed by atoms with van der Waals surface area (Å²) in [5, 5.41) is 10.9. The first kappa shape index (κ1) is 8.23. The molecule has 1 saturated carbocycles. The van der Waals surface area contributed by atoms with Crippen LogP contribution in [0.2, 0.25) is 0 Å². The molecule has 0 radical (unpaired) electrons. The van der Waals surface area contributed by atoms with Crippen LogP contribution in [0.1, 0.15) is 19.3 Å². The second-order valence-electron chi connectivity index (χ2n) is 2.82. The monoisotopic (exact) mass is 164 g/mol. The Labute approximate surface area is 62.9 Å². The number of oxime groups is 1. The summed E-state index contributed by atoms with van der Waals surface area (Å²) in [6.07, 6.45) is -0.139. The third-order valence-corrected chi connectivity index (χ3v) is 1.94. The van der Waals surface area contributed by atoms with Gasteiger partial charge in [-0.1, -0.05) is 5.16 Å². The molecule has 11 heavy (non-hydrogen) atoms. The molecule has 0 aromatic carbocycles. The SMILES string of the molecule is NC(=NO)C1CCC(F)(F)C1. The molecule has 1 unspecified atom stereocenters. The first-order valence-corrected chi connectivity index (χ1v) is 3.40. The van der Waals surface area contributed by atoms with Crippen LogP contribution in [0.4, 0.5) is 8.78 Å². The predicted molar refractivity (Wildman–Crippen MR) is 35.7 cm³/mol. The third kappa shape index (κ3) is 1.78. The van der Waals surface area contributed by atoms with Crippen molar-refractivity contribution in [3.05, 3.63) is 0 Å². The highest BCUT2D eigenvalue weighted by atomic mass is 19.3. The summed E-state index contributed by atoms with van der Waals surface area (Å²) in [5.74, 6) is -3.16. The molecule has 0 saturated heterocycles. The lowest BCUT2D eigenvalue weighted by molar-refractivity contribution is 0.00725. The van der Waals surface area contributed by atoms with Crippen LogP contribution in [0.3, 0.4) is 0 Å². The Bertz CT molecular complexity index is 181.